The summed E-state index contributed by atoms with van der Waals surface area (Å²) in [5.41, 5.74) is -6.10. The van der Waals surface area contributed by atoms with Gasteiger partial charge >= 0.3 is 24.0 Å². The lowest BCUT2D eigenvalue weighted by atomic mass is 10.2. The van der Waals surface area contributed by atoms with E-state index in [0.29, 0.717) is 16.8 Å². The molecule has 0 unspecified atom stereocenters. The van der Waals surface area contributed by atoms with Crippen LogP contribution in [0.3, 0.4) is 0 Å². The summed E-state index contributed by atoms with van der Waals surface area (Å²) < 4.78 is 82.9. The number of aromatic nitrogens is 5. The first-order chi connectivity index (χ1) is 13.4. The molecule has 0 atom stereocenters. The molecule has 1 aromatic carbocycles. The summed E-state index contributed by atoms with van der Waals surface area (Å²) in [5, 5.41) is 9.93. The van der Waals surface area contributed by atoms with Crippen molar-refractivity contribution in [2.24, 2.45) is 0 Å². The molecule has 3 aromatic rings. The van der Waals surface area contributed by atoms with E-state index in [1.54, 1.807) is 0 Å². The number of benzene rings is 1. The number of ether oxygens (including phenoxy) is 1. The van der Waals surface area contributed by atoms with Crippen molar-refractivity contribution >= 4 is 11.6 Å². The minimum absolute atomic E-state index is 0.180. The molecule has 0 aliphatic rings. The number of rotatable bonds is 3. The number of nitrogens with zero attached hydrogens (tertiary/aromatic N) is 5. The molecule has 2 aromatic heterocycles. The average Bonchev–Trinajstić information content (AvgIpc) is 3.03. The van der Waals surface area contributed by atoms with Crippen LogP contribution in [0.1, 0.15) is 28.5 Å². The van der Waals surface area contributed by atoms with Gasteiger partial charge in [0.25, 0.3) is 0 Å². The zero-order valence-electron chi connectivity index (χ0n) is 14.2. The van der Waals surface area contributed by atoms with Crippen molar-refractivity contribution in [2.45, 2.75) is 19.3 Å². The first-order valence-electron chi connectivity index (χ1n) is 7.76. The number of fused-ring (bicyclic) bond motifs is 1. The molecule has 14 heteroatoms. The normalized spacial score (nSPS) is 12.4. The topological polar surface area (TPSA) is 91.4 Å². The number of esters is 1. The van der Waals surface area contributed by atoms with Gasteiger partial charge in [0.15, 0.2) is 11.3 Å². The van der Waals surface area contributed by atoms with Crippen LogP contribution in [-0.4, -0.2) is 37.2 Å². The molecule has 0 saturated carbocycles. The van der Waals surface area contributed by atoms with Crippen molar-refractivity contribution < 1.29 is 35.9 Å². The molecule has 0 aliphatic heterocycles. The molecule has 0 saturated heterocycles. The maximum absolute atomic E-state index is 13.3. The number of halogens is 6. The average molecular weight is 421 g/mol. The van der Waals surface area contributed by atoms with Crippen LogP contribution in [0.15, 0.2) is 29.1 Å². The van der Waals surface area contributed by atoms with Crippen LogP contribution in [0.25, 0.3) is 11.3 Å². The van der Waals surface area contributed by atoms with Crippen molar-refractivity contribution in [1.29, 1.82) is 0 Å². The lowest BCUT2D eigenvalue weighted by Crippen LogP contribution is -2.29. The van der Waals surface area contributed by atoms with E-state index in [-0.39, 0.29) is 16.8 Å². The van der Waals surface area contributed by atoms with Crippen molar-refractivity contribution in [3.8, 4) is 5.69 Å². The monoisotopic (exact) mass is 421 g/mol. The van der Waals surface area contributed by atoms with Gasteiger partial charge in [-0.15, -0.1) is 5.10 Å². The van der Waals surface area contributed by atoms with E-state index in [2.05, 4.69) is 20.1 Å². The minimum Gasteiger partial charge on any atom is -0.462 e. The summed E-state index contributed by atoms with van der Waals surface area (Å²) in [6.45, 7) is 1.11. The Bertz CT molecular complexity index is 1130. The fourth-order valence-electron chi connectivity index (χ4n) is 2.39. The third-order valence-electron chi connectivity index (χ3n) is 3.64. The molecule has 0 fully saturated rings. The maximum Gasteiger partial charge on any atom is 0.436 e. The minimum atomic E-state index is -5.11. The summed E-state index contributed by atoms with van der Waals surface area (Å²) in [7, 11) is 0. The van der Waals surface area contributed by atoms with Crippen molar-refractivity contribution in [1.82, 2.24) is 24.6 Å². The van der Waals surface area contributed by atoms with Gasteiger partial charge in [-0.2, -0.15) is 40.6 Å². The number of carbonyl (C=O) groups is 1. The molecular weight excluding hydrogens is 412 g/mol. The van der Waals surface area contributed by atoms with E-state index in [9.17, 15) is 35.9 Å². The second-order valence-corrected chi connectivity index (χ2v) is 5.51. The molecule has 3 rings (SSSR count). The molecule has 0 amide bonds. The van der Waals surface area contributed by atoms with Crippen LogP contribution in [0.2, 0.25) is 0 Å². The quantitative estimate of drug-likeness (QED) is 0.477. The van der Waals surface area contributed by atoms with Gasteiger partial charge in [0.05, 0.1) is 17.9 Å². The lowest BCUT2D eigenvalue weighted by Gasteiger charge is -2.08. The van der Waals surface area contributed by atoms with Crippen molar-refractivity contribution in [3.05, 3.63) is 51.6 Å². The second-order valence-electron chi connectivity index (χ2n) is 5.51. The van der Waals surface area contributed by atoms with Gasteiger partial charge in [0.1, 0.15) is 5.56 Å². The molecule has 154 valence electrons. The molecule has 0 radical (unpaired) electrons. The summed E-state index contributed by atoms with van der Waals surface area (Å²) in [6.07, 6.45) is -9.74. The van der Waals surface area contributed by atoms with Gasteiger partial charge < -0.3 is 4.74 Å². The van der Waals surface area contributed by atoms with Gasteiger partial charge in [-0.3, -0.25) is 0 Å². The molecule has 0 bridgehead atoms. The smallest absolute Gasteiger partial charge is 0.436 e. The number of hydrogen-bond acceptors (Lipinski definition) is 6. The Morgan fingerprint density at radius 3 is 2.21 bits per heavy atom. The first kappa shape index (κ1) is 20.3. The number of hydrogen-bond donors (Lipinski definition) is 0. The number of carbonyl (C=O) groups excluding carboxylic acids is 1. The fourth-order valence-corrected chi connectivity index (χ4v) is 2.39. The third-order valence-corrected chi connectivity index (χ3v) is 3.64. The predicted octanol–water partition coefficient (Wildman–Crippen LogP) is 2.49. The van der Waals surface area contributed by atoms with Crippen molar-refractivity contribution in [2.75, 3.05) is 6.61 Å². The van der Waals surface area contributed by atoms with E-state index >= 15 is 0 Å². The third kappa shape index (κ3) is 3.64. The Morgan fingerprint density at radius 1 is 1.07 bits per heavy atom. The van der Waals surface area contributed by atoms with E-state index in [1.165, 1.54) is 6.92 Å². The van der Waals surface area contributed by atoms with E-state index in [0.717, 1.165) is 12.1 Å². The Kier molecular flexibility index (Phi) is 4.80. The molecule has 2 heterocycles. The number of alkyl halides is 6. The highest BCUT2D eigenvalue weighted by atomic mass is 19.4. The van der Waals surface area contributed by atoms with Crippen LogP contribution in [0.5, 0.6) is 0 Å². The predicted molar refractivity (Wildman–Crippen MR) is 82.3 cm³/mol. The summed E-state index contributed by atoms with van der Waals surface area (Å²) in [4.78, 5) is 24.4. The lowest BCUT2D eigenvalue weighted by molar-refractivity contribution is -0.142. The zero-order chi connectivity index (χ0) is 21.6. The van der Waals surface area contributed by atoms with Crippen LogP contribution in [0, 0.1) is 0 Å². The largest absolute Gasteiger partial charge is 0.462 e. The van der Waals surface area contributed by atoms with Gasteiger partial charge in [-0.1, -0.05) is 5.21 Å². The molecule has 29 heavy (non-hydrogen) atoms. The summed E-state index contributed by atoms with van der Waals surface area (Å²) in [5.74, 6) is -1.41. The van der Waals surface area contributed by atoms with Crippen LogP contribution < -0.4 is 5.69 Å². The van der Waals surface area contributed by atoms with Crippen LogP contribution >= 0.6 is 0 Å². The highest BCUT2D eigenvalue weighted by Crippen LogP contribution is 2.32. The van der Waals surface area contributed by atoms with Crippen LogP contribution in [0.4, 0.5) is 26.3 Å². The SMILES string of the molecule is CCOC(=O)c1c(C(F)(F)F)nn2c(=O)n(-c3ccc(C(F)(F)F)cc3)nnc12. The Hall–Kier alpha value is -3.45. The van der Waals surface area contributed by atoms with E-state index in [1.807, 2.05) is 0 Å². The molecular formula is C15H9F6N5O3. The Labute approximate surface area is 156 Å². The van der Waals surface area contributed by atoms with Gasteiger partial charge in [0, 0.05) is 0 Å². The first-order valence-corrected chi connectivity index (χ1v) is 7.76. The summed E-state index contributed by atoms with van der Waals surface area (Å²) >= 11 is 0. The standard InChI is InChI=1S/C15H9F6N5O3/c1-2-29-12(27)9-10(15(19,20)21)23-26-11(9)22-24-25(13(26)28)8-5-3-7(4-6-8)14(16,17)18/h3-6H,2H2,1H3. The second kappa shape index (κ2) is 6.86. The van der Waals surface area contributed by atoms with E-state index in [4.69, 9.17) is 0 Å². The molecule has 0 spiro atoms. The maximum atomic E-state index is 13.3. The van der Waals surface area contributed by atoms with Gasteiger partial charge in [-0.05, 0) is 31.2 Å². The molecule has 0 aliphatic carbocycles. The zero-order valence-corrected chi connectivity index (χ0v) is 14.2. The Morgan fingerprint density at radius 2 is 1.69 bits per heavy atom. The highest BCUT2D eigenvalue weighted by Gasteiger charge is 2.42. The van der Waals surface area contributed by atoms with Gasteiger partial charge in [-0.25, -0.2) is 9.59 Å². The van der Waals surface area contributed by atoms with Crippen molar-refractivity contribution in [3.63, 3.8) is 0 Å². The molecule has 0 N–H and O–H groups in total. The van der Waals surface area contributed by atoms with E-state index < -0.39 is 46.5 Å². The fraction of sp³-hybridized carbons (Fsp3) is 0.267. The highest BCUT2D eigenvalue weighted by molar-refractivity contribution is 5.97. The van der Waals surface area contributed by atoms with Gasteiger partial charge in [0.2, 0.25) is 0 Å². The molecule has 8 nitrogen and oxygen atoms in total. The van der Waals surface area contributed by atoms with Crippen LogP contribution in [-0.2, 0) is 17.1 Å². The Balaban J connectivity index is 2.20. The summed E-state index contributed by atoms with van der Waals surface area (Å²) in [6, 6.07) is 3.07.